The van der Waals surface area contributed by atoms with E-state index in [2.05, 4.69) is 19.2 Å². The van der Waals surface area contributed by atoms with E-state index in [1.54, 1.807) is 6.92 Å². The van der Waals surface area contributed by atoms with Crippen LogP contribution in [0.25, 0.3) is 0 Å². The first kappa shape index (κ1) is 16.8. The second-order valence-electron chi connectivity index (χ2n) is 5.67. The second-order valence-corrected chi connectivity index (χ2v) is 6.05. The average Bonchev–Trinajstić information content (AvgIpc) is 2.35. The summed E-state index contributed by atoms with van der Waals surface area (Å²) in [6.45, 7) is 11.7. The highest BCUT2D eigenvalue weighted by Crippen LogP contribution is 2.26. The van der Waals surface area contributed by atoms with Gasteiger partial charge in [-0.3, -0.25) is 4.79 Å². The van der Waals surface area contributed by atoms with E-state index in [1.807, 2.05) is 32.9 Å². The molecule has 0 aliphatic heterocycles. The Bertz CT molecular complexity index is 462. The number of hydrogen-bond acceptors (Lipinski definition) is 2. The number of carbonyl (C=O) groups excluding carboxylic acids is 1. The van der Waals surface area contributed by atoms with Gasteiger partial charge in [0.15, 0.2) is 6.10 Å². The number of carbonyl (C=O) groups is 1. The zero-order valence-corrected chi connectivity index (χ0v) is 13.8. The molecule has 0 heterocycles. The third kappa shape index (κ3) is 4.41. The van der Waals surface area contributed by atoms with Crippen molar-refractivity contribution in [3.05, 3.63) is 28.3 Å². The molecule has 1 amide bonds. The van der Waals surface area contributed by atoms with Crippen LogP contribution in [0.15, 0.2) is 12.1 Å². The minimum atomic E-state index is -0.531. The van der Waals surface area contributed by atoms with Gasteiger partial charge in [0.05, 0.1) is 0 Å². The molecule has 1 aromatic carbocycles. The molecule has 112 valence electrons. The van der Waals surface area contributed by atoms with Crippen molar-refractivity contribution in [2.45, 2.75) is 53.7 Å². The predicted octanol–water partition coefficient (Wildman–Crippen LogP) is 3.88. The summed E-state index contributed by atoms with van der Waals surface area (Å²) in [5, 5.41) is 3.69. The molecule has 0 radical (unpaired) electrons. The Kier molecular flexibility index (Phi) is 5.88. The van der Waals surface area contributed by atoms with Crippen molar-refractivity contribution in [1.82, 2.24) is 5.32 Å². The highest BCUT2D eigenvalue weighted by atomic mass is 35.5. The number of nitrogens with one attached hydrogen (secondary N) is 1. The van der Waals surface area contributed by atoms with Crippen LogP contribution < -0.4 is 10.1 Å². The molecule has 0 aliphatic rings. The van der Waals surface area contributed by atoms with Gasteiger partial charge in [0.2, 0.25) is 0 Å². The highest BCUT2D eigenvalue weighted by molar-refractivity contribution is 6.32. The third-order valence-corrected chi connectivity index (χ3v) is 4.06. The molecule has 2 atom stereocenters. The zero-order valence-electron chi connectivity index (χ0n) is 13.1. The molecule has 1 N–H and O–H groups in total. The van der Waals surface area contributed by atoms with E-state index in [-0.39, 0.29) is 11.9 Å². The van der Waals surface area contributed by atoms with Crippen molar-refractivity contribution in [2.75, 3.05) is 0 Å². The molecule has 20 heavy (non-hydrogen) atoms. The second kappa shape index (κ2) is 6.98. The predicted molar refractivity (Wildman–Crippen MR) is 83.5 cm³/mol. The lowest BCUT2D eigenvalue weighted by atomic mass is 10.1. The molecule has 1 rings (SSSR count). The molecular weight excluding hydrogens is 274 g/mol. The van der Waals surface area contributed by atoms with Crippen molar-refractivity contribution < 1.29 is 9.53 Å². The SMILES string of the molecule is Cc1cc(O[C@H](C)C(=O)N[C@@H](C)C(C)C)cc(C)c1Cl. The molecule has 0 fully saturated rings. The Morgan fingerprint density at radius 3 is 2.10 bits per heavy atom. The normalized spacial score (nSPS) is 14.0. The van der Waals surface area contributed by atoms with Crippen LogP contribution >= 0.6 is 11.6 Å². The van der Waals surface area contributed by atoms with Gasteiger partial charge >= 0.3 is 0 Å². The van der Waals surface area contributed by atoms with Crippen molar-refractivity contribution in [1.29, 1.82) is 0 Å². The van der Waals surface area contributed by atoms with E-state index in [9.17, 15) is 4.79 Å². The third-order valence-electron chi connectivity index (χ3n) is 3.46. The molecule has 0 saturated heterocycles. The van der Waals surface area contributed by atoms with E-state index < -0.39 is 6.10 Å². The average molecular weight is 298 g/mol. The van der Waals surface area contributed by atoms with Gasteiger partial charge in [-0.25, -0.2) is 0 Å². The smallest absolute Gasteiger partial charge is 0.260 e. The molecule has 0 unspecified atom stereocenters. The van der Waals surface area contributed by atoms with Crippen molar-refractivity contribution in [3.8, 4) is 5.75 Å². The minimum Gasteiger partial charge on any atom is -0.481 e. The molecule has 0 aromatic heterocycles. The molecule has 3 nitrogen and oxygen atoms in total. The minimum absolute atomic E-state index is 0.101. The van der Waals surface area contributed by atoms with Gasteiger partial charge in [-0.15, -0.1) is 0 Å². The van der Waals surface area contributed by atoms with Crippen molar-refractivity contribution in [2.24, 2.45) is 5.92 Å². The van der Waals surface area contributed by atoms with E-state index in [1.165, 1.54) is 0 Å². The van der Waals surface area contributed by atoms with Crippen LogP contribution in [-0.2, 0) is 4.79 Å². The number of benzene rings is 1. The zero-order chi connectivity index (χ0) is 15.4. The fraction of sp³-hybridized carbons (Fsp3) is 0.562. The van der Waals surface area contributed by atoms with Gasteiger partial charge < -0.3 is 10.1 Å². The Morgan fingerprint density at radius 2 is 1.65 bits per heavy atom. The Balaban J connectivity index is 2.71. The number of hydrogen-bond donors (Lipinski definition) is 1. The molecule has 0 bridgehead atoms. The highest BCUT2D eigenvalue weighted by Gasteiger charge is 2.18. The number of amides is 1. The van der Waals surface area contributed by atoms with Gasteiger partial charge in [0.25, 0.3) is 5.91 Å². The summed E-state index contributed by atoms with van der Waals surface area (Å²) in [6.07, 6.45) is -0.531. The lowest BCUT2D eigenvalue weighted by molar-refractivity contribution is -0.128. The van der Waals surface area contributed by atoms with Crippen molar-refractivity contribution in [3.63, 3.8) is 0 Å². The number of rotatable bonds is 5. The number of aryl methyl sites for hydroxylation is 2. The largest absolute Gasteiger partial charge is 0.481 e. The van der Waals surface area contributed by atoms with Gasteiger partial charge in [0.1, 0.15) is 5.75 Å². The van der Waals surface area contributed by atoms with E-state index in [0.29, 0.717) is 11.7 Å². The molecule has 1 aromatic rings. The standard InChI is InChI=1S/C16H24ClNO2/c1-9(2)12(5)18-16(19)13(6)20-14-7-10(3)15(17)11(4)8-14/h7-9,12-13H,1-6H3,(H,18,19)/t12-,13+/m0/s1. The molecule has 0 aliphatic carbocycles. The first-order valence-corrected chi connectivity index (χ1v) is 7.34. The fourth-order valence-corrected chi connectivity index (χ4v) is 1.85. The maximum absolute atomic E-state index is 12.0. The molecule has 0 saturated carbocycles. The van der Waals surface area contributed by atoms with Gasteiger partial charge in [-0.05, 0) is 56.9 Å². The van der Waals surface area contributed by atoms with E-state index >= 15 is 0 Å². The maximum Gasteiger partial charge on any atom is 0.260 e. The summed E-state index contributed by atoms with van der Waals surface area (Å²) >= 11 is 6.12. The number of halogens is 1. The summed E-state index contributed by atoms with van der Waals surface area (Å²) in [4.78, 5) is 12.0. The van der Waals surface area contributed by atoms with Crippen LogP contribution in [0.1, 0.15) is 38.8 Å². The lowest BCUT2D eigenvalue weighted by Gasteiger charge is -2.21. The van der Waals surface area contributed by atoms with Crippen molar-refractivity contribution >= 4 is 17.5 Å². The van der Waals surface area contributed by atoms with Crippen LogP contribution in [0, 0.1) is 19.8 Å². The first-order chi connectivity index (χ1) is 9.22. The topological polar surface area (TPSA) is 38.3 Å². The molecular formula is C16H24ClNO2. The fourth-order valence-electron chi connectivity index (χ4n) is 1.74. The monoisotopic (exact) mass is 297 g/mol. The van der Waals surface area contributed by atoms with Crippen LogP contribution in [-0.4, -0.2) is 18.1 Å². The molecule has 4 heteroatoms. The quantitative estimate of drug-likeness (QED) is 0.895. The van der Waals surface area contributed by atoms with Gasteiger partial charge in [0, 0.05) is 11.1 Å². The Morgan fingerprint density at radius 1 is 1.15 bits per heavy atom. The van der Waals surface area contributed by atoms with Gasteiger partial charge in [-0.2, -0.15) is 0 Å². The van der Waals surface area contributed by atoms with Gasteiger partial charge in [-0.1, -0.05) is 25.4 Å². The van der Waals surface area contributed by atoms with E-state index in [0.717, 1.165) is 16.1 Å². The number of ether oxygens (including phenoxy) is 1. The Labute approximate surface area is 126 Å². The summed E-state index contributed by atoms with van der Waals surface area (Å²) < 4.78 is 5.70. The first-order valence-electron chi connectivity index (χ1n) is 6.96. The summed E-state index contributed by atoms with van der Waals surface area (Å²) in [5.74, 6) is 0.965. The molecule has 0 spiro atoms. The van der Waals surface area contributed by atoms with E-state index in [4.69, 9.17) is 16.3 Å². The van der Waals surface area contributed by atoms with Crippen LogP contribution in [0.2, 0.25) is 5.02 Å². The Hall–Kier alpha value is -1.22. The lowest BCUT2D eigenvalue weighted by Crippen LogP contribution is -2.43. The maximum atomic E-state index is 12.0. The summed E-state index contributed by atoms with van der Waals surface area (Å²) in [6, 6.07) is 3.83. The van der Waals surface area contributed by atoms with Crippen LogP contribution in [0.3, 0.4) is 0 Å². The summed E-state index contributed by atoms with van der Waals surface area (Å²) in [5.41, 5.74) is 1.90. The summed E-state index contributed by atoms with van der Waals surface area (Å²) in [7, 11) is 0. The van der Waals surface area contributed by atoms with Crippen LogP contribution in [0.5, 0.6) is 5.75 Å². The van der Waals surface area contributed by atoms with Crippen LogP contribution in [0.4, 0.5) is 0 Å².